The number of rotatable bonds is 29. The first kappa shape index (κ1) is 73.1. The zero-order valence-corrected chi connectivity index (χ0v) is 49.9. The Morgan fingerprint density at radius 1 is 0.568 bits per heavy atom. The quantitative estimate of drug-likeness (QED) is 0.0365. The Morgan fingerprint density at radius 2 is 1.05 bits per heavy atom. The van der Waals surface area contributed by atoms with Crippen LogP contribution in [-0.2, 0) is 57.5 Å². The van der Waals surface area contributed by atoms with Crippen LogP contribution in [0.15, 0.2) is 0 Å². The molecule has 0 saturated carbocycles. The molecule has 0 aromatic rings. The van der Waals surface area contributed by atoms with Gasteiger partial charge in [-0.15, -0.1) is 0 Å². The number of amides is 9. The van der Waals surface area contributed by atoms with E-state index in [0.29, 0.717) is 12.8 Å². The lowest BCUT2D eigenvalue weighted by Gasteiger charge is -2.32. The van der Waals surface area contributed by atoms with E-state index < -0.39 is 170 Å². The predicted molar refractivity (Wildman–Crippen MR) is 300 cm³/mol. The number of cyclic esters (lactones) is 1. The normalized spacial score (nSPS) is 23.7. The van der Waals surface area contributed by atoms with Crippen molar-refractivity contribution >= 4 is 65.1 Å². The summed E-state index contributed by atoms with van der Waals surface area (Å²) in [5.74, 6) is -13.4. The van der Waals surface area contributed by atoms with E-state index in [1.165, 1.54) is 6.92 Å². The first-order valence-electron chi connectivity index (χ1n) is 29.0. The van der Waals surface area contributed by atoms with Gasteiger partial charge < -0.3 is 73.0 Å². The van der Waals surface area contributed by atoms with E-state index in [4.69, 9.17) is 4.74 Å². The van der Waals surface area contributed by atoms with Crippen LogP contribution in [0.2, 0.25) is 0 Å². The van der Waals surface area contributed by atoms with E-state index >= 15 is 0 Å². The molecule has 0 aromatic carbocycles. The minimum Gasteiger partial charge on any atom is -0.481 e. The molecule has 1 saturated heterocycles. The fourth-order valence-corrected chi connectivity index (χ4v) is 8.97. The van der Waals surface area contributed by atoms with Crippen LogP contribution in [0.25, 0.3) is 0 Å². The molecule has 1 rings (SSSR count). The van der Waals surface area contributed by atoms with Gasteiger partial charge in [0.1, 0.15) is 60.5 Å². The van der Waals surface area contributed by atoms with Crippen LogP contribution >= 0.6 is 0 Å². The summed E-state index contributed by atoms with van der Waals surface area (Å²) in [7, 11) is 0. The highest BCUT2D eigenvalue weighted by Gasteiger charge is 2.40. The van der Waals surface area contributed by atoms with Gasteiger partial charge in [0.25, 0.3) is 0 Å². The van der Waals surface area contributed by atoms with Crippen molar-refractivity contribution in [3.8, 4) is 0 Å². The summed E-state index contributed by atoms with van der Waals surface area (Å²) in [4.78, 5) is 152. The molecular formula is C56H99N9O16. The van der Waals surface area contributed by atoms with Crippen LogP contribution in [-0.4, -0.2) is 165 Å². The minimum absolute atomic E-state index is 0.00994. The highest BCUT2D eigenvalue weighted by molar-refractivity contribution is 5.99. The highest BCUT2D eigenvalue weighted by Crippen LogP contribution is 2.17. The Hall–Kier alpha value is -5.95. The molecule has 25 nitrogen and oxygen atoms in total. The smallest absolute Gasteiger partial charge is 0.329 e. The van der Waals surface area contributed by atoms with Gasteiger partial charge in [0.15, 0.2) is 0 Å². The van der Waals surface area contributed by atoms with Crippen LogP contribution in [0.3, 0.4) is 0 Å². The standard InChI is InChI=1S/C56H99N9O16/c1-13-15-16-17-18-19-20-21-36(68)27-43(69)57-38(24-30(3)4)49(73)58-37(22-23-44(70)71)48(72)65-47-35(12)81-56(80)46(34(11)14-2)64-53(77)42(29-67)62-50(74)39(25-31(5)6)59-52(76)41(28-66)61-51(75)40(26-32(7)8)60-54(78)45(33(9)10)63-55(47)79/h30-42,45-47,66-68H,13-29H2,1-12H3,(H,57,69)(H,58,73)(H,59,76)(H,60,78)(H,61,75)(H,62,74)(H,63,79)(H,64,77)(H,65,72)(H,70,71)/t34-,35+,36+,37+,38-,39-,40-,41+,42+,45?,46?,47?/m0/s1. The topological polar surface area (TPSA) is 386 Å². The summed E-state index contributed by atoms with van der Waals surface area (Å²) in [6, 6.07) is -14.1. The average Bonchev–Trinajstić information content (AvgIpc) is 3.41. The number of carboxylic acids is 1. The van der Waals surface area contributed by atoms with E-state index in [-0.39, 0.29) is 49.9 Å². The van der Waals surface area contributed by atoms with Crippen molar-refractivity contribution in [3.05, 3.63) is 0 Å². The Bertz CT molecular complexity index is 2060. The van der Waals surface area contributed by atoms with Gasteiger partial charge in [-0.25, -0.2) is 4.79 Å². The van der Waals surface area contributed by atoms with E-state index in [1.807, 2.05) is 0 Å². The third kappa shape index (κ3) is 27.6. The molecule has 1 aliphatic heterocycles. The van der Waals surface area contributed by atoms with Gasteiger partial charge in [0.2, 0.25) is 53.2 Å². The number of hydrogen-bond acceptors (Lipinski definition) is 15. The van der Waals surface area contributed by atoms with Crippen LogP contribution < -0.4 is 47.9 Å². The van der Waals surface area contributed by atoms with Gasteiger partial charge in [0, 0.05) is 6.42 Å². The number of esters is 1. The second-order valence-electron chi connectivity index (χ2n) is 23.1. The number of nitrogens with one attached hydrogen (secondary N) is 9. The lowest BCUT2D eigenvalue weighted by Crippen LogP contribution is -2.64. The summed E-state index contributed by atoms with van der Waals surface area (Å²) in [6.07, 6.45) is 3.49. The van der Waals surface area contributed by atoms with Crippen LogP contribution in [0, 0.1) is 29.6 Å². The Labute approximate surface area is 478 Å². The average molecular weight is 1150 g/mol. The maximum Gasteiger partial charge on any atom is 0.329 e. The monoisotopic (exact) mass is 1150 g/mol. The Kier molecular flexibility index (Phi) is 34.2. The molecule has 12 atom stereocenters. The third-order valence-corrected chi connectivity index (χ3v) is 13.9. The largest absolute Gasteiger partial charge is 0.481 e. The van der Waals surface area contributed by atoms with Crippen molar-refractivity contribution in [2.75, 3.05) is 13.2 Å². The number of carbonyl (C=O) groups is 11. The molecule has 1 heterocycles. The van der Waals surface area contributed by atoms with E-state index in [9.17, 15) is 73.2 Å². The zero-order chi connectivity index (χ0) is 61.7. The Balaban J connectivity index is 3.93. The van der Waals surface area contributed by atoms with Crippen molar-refractivity contribution in [1.29, 1.82) is 0 Å². The highest BCUT2D eigenvalue weighted by atomic mass is 16.5. The Morgan fingerprint density at radius 3 is 1.53 bits per heavy atom. The molecule has 0 bridgehead atoms. The number of ether oxygens (including phenoxy) is 1. The number of hydrogen-bond donors (Lipinski definition) is 13. The fraction of sp³-hybridized carbons (Fsp3) is 0.804. The molecule has 0 radical (unpaired) electrons. The van der Waals surface area contributed by atoms with Gasteiger partial charge in [-0.2, -0.15) is 0 Å². The van der Waals surface area contributed by atoms with Gasteiger partial charge in [-0.05, 0) is 68.6 Å². The molecule has 0 aliphatic carbocycles. The summed E-state index contributed by atoms with van der Waals surface area (Å²) in [5, 5.41) is 63.7. The molecule has 25 heteroatoms. The number of unbranched alkanes of at least 4 members (excludes halogenated alkanes) is 6. The zero-order valence-electron chi connectivity index (χ0n) is 49.9. The first-order valence-corrected chi connectivity index (χ1v) is 29.0. The lowest BCUT2D eigenvalue weighted by atomic mass is 9.98. The second-order valence-corrected chi connectivity index (χ2v) is 23.1. The second kappa shape index (κ2) is 37.9. The van der Waals surface area contributed by atoms with Gasteiger partial charge in [-0.3, -0.25) is 47.9 Å². The maximum atomic E-state index is 14.7. The number of aliphatic hydroxyl groups excluding tert-OH is 3. The van der Waals surface area contributed by atoms with Crippen LogP contribution in [0.4, 0.5) is 0 Å². The molecule has 13 N–H and O–H groups in total. The number of aliphatic hydroxyl groups is 3. The SMILES string of the molecule is CCCCCCCCC[C@@H](O)CC(=O)N[C@@H](CC(C)C)C(=O)N[C@H](CCC(=O)O)C(=O)NC1C(=O)NC(C(C)C)C(=O)N[C@@H](CC(C)C)C(=O)N[C@H](CO)C(=O)N[C@@H](CC(C)C)C(=O)N[C@H](CO)C(=O)NC([C@@H](C)CC)C(=O)O[C@@H]1C. The van der Waals surface area contributed by atoms with Gasteiger partial charge in [0.05, 0.1) is 25.7 Å². The third-order valence-electron chi connectivity index (χ3n) is 13.9. The van der Waals surface area contributed by atoms with Crippen molar-refractivity contribution in [3.63, 3.8) is 0 Å². The van der Waals surface area contributed by atoms with Crippen molar-refractivity contribution < 1.29 is 77.9 Å². The van der Waals surface area contributed by atoms with E-state index in [2.05, 4.69) is 54.8 Å². The van der Waals surface area contributed by atoms with Crippen molar-refractivity contribution in [2.45, 2.75) is 246 Å². The summed E-state index contributed by atoms with van der Waals surface area (Å²) >= 11 is 0. The van der Waals surface area contributed by atoms with Crippen LogP contribution in [0.5, 0.6) is 0 Å². The molecule has 81 heavy (non-hydrogen) atoms. The molecule has 464 valence electrons. The van der Waals surface area contributed by atoms with Gasteiger partial charge in [-0.1, -0.05) is 128 Å². The molecule has 1 fully saturated rings. The molecule has 0 spiro atoms. The summed E-state index contributed by atoms with van der Waals surface area (Å²) in [6.45, 7) is 18.3. The molecule has 9 amide bonds. The molecule has 0 aromatic heterocycles. The number of aliphatic carboxylic acids is 1. The minimum atomic E-state index is -1.95. The lowest BCUT2D eigenvalue weighted by molar-refractivity contribution is -0.158. The predicted octanol–water partition coefficient (Wildman–Crippen LogP) is 0.876. The first-order chi connectivity index (χ1) is 38.0. The van der Waals surface area contributed by atoms with Crippen molar-refractivity contribution in [2.24, 2.45) is 29.6 Å². The number of carboxylic acid groups (broad SMARTS) is 1. The molecule has 3 unspecified atom stereocenters. The van der Waals surface area contributed by atoms with E-state index in [1.54, 1.807) is 69.2 Å². The summed E-state index contributed by atoms with van der Waals surface area (Å²) in [5.41, 5.74) is 0. The van der Waals surface area contributed by atoms with Gasteiger partial charge >= 0.3 is 11.9 Å². The molecule has 1 aliphatic rings. The van der Waals surface area contributed by atoms with E-state index in [0.717, 1.165) is 38.5 Å². The number of carbonyl (C=O) groups excluding carboxylic acids is 10. The maximum absolute atomic E-state index is 14.7. The van der Waals surface area contributed by atoms with Crippen LogP contribution in [0.1, 0.15) is 179 Å². The summed E-state index contributed by atoms with van der Waals surface area (Å²) < 4.78 is 5.83. The van der Waals surface area contributed by atoms with Crippen molar-refractivity contribution in [1.82, 2.24) is 47.9 Å². The molecular weight excluding hydrogens is 1050 g/mol. The fourth-order valence-electron chi connectivity index (χ4n) is 8.97.